The standard InChI is InChI=1S/C12H21NO3/c1-3-4-12(16)13-9-5-6-11(15)10(7-9)8(2)14/h9-11,15H,3-7H2,1-2H3,(H,13,16). The topological polar surface area (TPSA) is 66.4 Å². The van der Waals surface area contributed by atoms with E-state index in [2.05, 4.69) is 5.32 Å². The molecular formula is C12H21NO3. The third-order valence-corrected chi connectivity index (χ3v) is 3.18. The first-order valence-electron chi connectivity index (χ1n) is 6.02. The van der Waals surface area contributed by atoms with Gasteiger partial charge >= 0.3 is 0 Å². The monoisotopic (exact) mass is 227 g/mol. The van der Waals surface area contributed by atoms with Crippen LogP contribution in [0.3, 0.4) is 0 Å². The van der Waals surface area contributed by atoms with E-state index < -0.39 is 6.10 Å². The van der Waals surface area contributed by atoms with Crippen molar-refractivity contribution in [3.05, 3.63) is 0 Å². The average molecular weight is 227 g/mol. The Labute approximate surface area is 96.4 Å². The van der Waals surface area contributed by atoms with Gasteiger partial charge in [0.2, 0.25) is 5.91 Å². The number of rotatable bonds is 4. The van der Waals surface area contributed by atoms with Crippen LogP contribution in [0.2, 0.25) is 0 Å². The van der Waals surface area contributed by atoms with E-state index in [9.17, 15) is 14.7 Å². The van der Waals surface area contributed by atoms with E-state index in [1.807, 2.05) is 6.92 Å². The van der Waals surface area contributed by atoms with Crippen LogP contribution >= 0.6 is 0 Å². The smallest absolute Gasteiger partial charge is 0.220 e. The molecule has 4 nitrogen and oxygen atoms in total. The van der Waals surface area contributed by atoms with Crippen molar-refractivity contribution in [2.45, 2.75) is 58.1 Å². The highest BCUT2D eigenvalue weighted by molar-refractivity contribution is 5.79. The van der Waals surface area contributed by atoms with E-state index in [4.69, 9.17) is 0 Å². The lowest BCUT2D eigenvalue weighted by molar-refractivity contribution is -0.128. The van der Waals surface area contributed by atoms with Crippen molar-refractivity contribution >= 4 is 11.7 Å². The molecule has 1 saturated carbocycles. The number of ketones is 1. The molecule has 3 unspecified atom stereocenters. The van der Waals surface area contributed by atoms with E-state index in [-0.39, 0.29) is 23.7 Å². The number of aliphatic hydroxyl groups is 1. The number of hydrogen-bond acceptors (Lipinski definition) is 3. The Bertz CT molecular complexity index is 265. The van der Waals surface area contributed by atoms with Crippen molar-refractivity contribution in [3.8, 4) is 0 Å². The van der Waals surface area contributed by atoms with Crippen LogP contribution in [0, 0.1) is 5.92 Å². The van der Waals surface area contributed by atoms with Gasteiger partial charge in [0.05, 0.1) is 6.10 Å². The maximum absolute atomic E-state index is 11.4. The van der Waals surface area contributed by atoms with Gasteiger partial charge in [-0.3, -0.25) is 9.59 Å². The number of nitrogens with one attached hydrogen (secondary N) is 1. The number of Topliss-reactive ketones (excluding diaryl/α,β-unsaturated/α-hetero) is 1. The predicted molar refractivity (Wildman–Crippen MR) is 60.9 cm³/mol. The van der Waals surface area contributed by atoms with Crippen LogP contribution in [-0.2, 0) is 9.59 Å². The van der Waals surface area contributed by atoms with Crippen LogP contribution < -0.4 is 5.32 Å². The summed E-state index contributed by atoms with van der Waals surface area (Å²) >= 11 is 0. The fourth-order valence-electron chi connectivity index (χ4n) is 2.25. The van der Waals surface area contributed by atoms with Crippen LogP contribution in [0.1, 0.15) is 46.0 Å². The number of carbonyl (C=O) groups is 2. The molecule has 3 atom stereocenters. The second kappa shape index (κ2) is 5.99. The molecule has 1 aliphatic carbocycles. The van der Waals surface area contributed by atoms with E-state index in [0.29, 0.717) is 19.3 Å². The third-order valence-electron chi connectivity index (χ3n) is 3.18. The highest BCUT2D eigenvalue weighted by atomic mass is 16.3. The molecule has 16 heavy (non-hydrogen) atoms. The molecule has 1 amide bonds. The lowest BCUT2D eigenvalue weighted by atomic mass is 9.81. The zero-order chi connectivity index (χ0) is 12.1. The Morgan fingerprint density at radius 3 is 2.62 bits per heavy atom. The number of aliphatic hydroxyl groups excluding tert-OH is 1. The molecule has 0 aromatic carbocycles. The molecule has 0 aliphatic heterocycles. The highest BCUT2D eigenvalue weighted by Gasteiger charge is 2.32. The predicted octanol–water partition coefficient (Wildman–Crippen LogP) is 1.02. The Hall–Kier alpha value is -0.900. The number of carbonyl (C=O) groups excluding carboxylic acids is 2. The molecule has 4 heteroatoms. The fourth-order valence-corrected chi connectivity index (χ4v) is 2.25. The van der Waals surface area contributed by atoms with Gasteiger partial charge in [0.1, 0.15) is 5.78 Å². The minimum absolute atomic E-state index is 0.0157. The van der Waals surface area contributed by atoms with Gasteiger partial charge in [-0.05, 0) is 32.6 Å². The molecule has 92 valence electrons. The summed E-state index contributed by atoms with van der Waals surface area (Å²) in [7, 11) is 0. The summed E-state index contributed by atoms with van der Waals surface area (Å²) in [5.41, 5.74) is 0. The fraction of sp³-hybridized carbons (Fsp3) is 0.833. The number of amides is 1. The third kappa shape index (κ3) is 3.59. The molecule has 0 bridgehead atoms. The molecule has 0 spiro atoms. The molecule has 0 aromatic heterocycles. The summed E-state index contributed by atoms with van der Waals surface area (Å²) in [6.07, 6.45) is 2.77. The summed E-state index contributed by atoms with van der Waals surface area (Å²) in [6.45, 7) is 3.46. The van der Waals surface area contributed by atoms with Crippen LogP contribution in [0.5, 0.6) is 0 Å². The summed E-state index contributed by atoms with van der Waals surface area (Å²) in [4.78, 5) is 22.7. The molecule has 1 rings (SSSR count). The molecule has 1 aliphatic rings. The molecule has 1 fully saturated rings. The first-order chi connectivity index (χ1) is 7.54. The highest BCUT2D eigenvalue weighted by Crippen LogP contribution is 2.25. The van der Waals surface area contributed by atoms with Gasteiger partial charge in [-0.2, -0.15) is 0 Å². The van der Waals surface area contributed by atoms with E-state index in [1.54, 1.807) is 0 Å². The van der Waals surface area contributed by atoms with E-state index in [0.717, 1.165) is 12.8 Å². The van der Waals surface area contributed by atoms with Gasteiger partial charge in [-0.1, -0.05) is 6.92 Å². The van der Waals surface area contributed by atoms with Gasteiger partial charge in [0, 0.05) is 18.4 Å². The molecule has 0 heterocycles. The molecular weight excluding hydrogens is 206 g/mol. The van der Waals surface area contributed by atoms with Crippen LogP contribution in [0.15, 0.2) is 0 Å². The summed E-state index contributed by atoms with van der Waals surface area (Å²) in [6, 6.07) is 0.0522. The van der Waals surface area contributed by atoms with Gasteiger partial charge < -0.3 is 10.4 Å². The van der Waals surface area contributed by atoms with Crippen molar-refractivity contribution in [1.29, 1.82) is 0 Å². The zero-order valence-electron chi connectivity index (χ0n) is 10.0. The quantitative estimate of drug-likeness (QED) is 0.753. The lowest BCUT2D eigenvalue weighted by Gasteiger charge is -2.32. The first-order valence-corrected chi connectivity index (χ1v) is 6.02. The minimum Gasteiger partial charge on any atom is -0.392 e. The van der Waals surface area contributed by atoms with Gasteiger partial charge in [-0.15, -0.1) is 0 Å². The molecule has 2 N–H and O–H groups in total. The normalized spacial score (nSPS) is 29.8. The molecule has 0 aromatic rings. The zero-order valence-corrected chi connectivity index (χ0v) is 10.0. The first kappa shape index (κ1) is 13.2. The Kier molecular flexibility index (Phi) is 4.93. The van der Waals surface area contributed by atoms with Crippen LogP contribution in [0.4, 0.5) is 0 Å². The minimum atomic E-state index is -0.531. The maximum atomic E-state index is 11.4. The summed E-state index contributed by atoms with van der Waals surface area (Å²) in [5, 5.41) is 12.6. The summed E-state index contributed by atoms with van der Waals surface area (Å²) in [5.74, 6) is -0.242. The van der Waals surface area contributed by atoms with Crippen LogP contribution in [0.25, 0.3) is 0 Å². The largest absolute Gasteiger partial charge is 0.392 e. The van der Waals surface area contributed by atoms with E-state index in [1.165, 1.54) is 6.92 Å². The van der Waals surface area contributed by atoms with Crippen molar-refractivity contribution in [2.24, 2.45) is 5.92 Å². The Morgan fingerprint density at radius 2 is 2.06 bits per heavy atom. The van der Waals surface area contributed by atoms with Crippen molar-refractivity contribution < 1.29 is 14.7 Å². The summed E-state index contributed by atoms with van der Waals surface area (Å²) < 4.78 is 0. The number of hydrogen-bond donors (Lipinski definition) is 2. The molecule has 0 saturated heterocycles. The van der Waals surface area contributed by atoms with E-state index >= 15 is 0 Å². The Morgan fingerprint density at radius 1 is 1.38 bits per heavy atom. The SMILES string of the molecule is CCCC(=O)NC1CCC(O)C(C(C)=O)C1. The van der Waals surface area contributed by atoms with Gasteiger partial charge in [-0.25, -0.2) is 0 Å². The lowest BCUT2D eigenvalue weighted by Crippen LogP contribution is -2.44. The van der Waals surface area contributed by atoms with Crippen molar-refractivity contribution in [3.63, 3.8) is 0 Å². The van der Waals surface area contributed by atoms with Crippen molar-refractivity contribution in [1.82, 2.24) is 5.32 Å². The second-order valence-electron chi connectivity index (χ2n) is 4.61. The van der Waals surface area contributed by atoms with Crippen LogP contribution in [-0.4, -0.2) is 28.9 Å². The second-order valence-corrected chi connectivity index (χ2v) is 4.61. The van der Waals surface area contributed by atoms with Crippen molar-refractivity contribution in [2.75, 3.05) is 0 Å². The van der Waals surface area contributed by atoms with Gasteiger partial charge in [0.15, 0.2) is 0 Å². The Balaban J connectivity index is 2.45. The maximum Gasteiger partial charge on any atom is 0.220 e. The average Bonchev–Trinajstić information content (AvgIpc) is 2.21. The van der Waals surface area contributed by atoms with Gasteiger partial charge in [0.25, 0.3) is 0 Å². The molecule has 0 radical (unpaired) electrons.